The lowest BCUT2D eigenvalue weighted by atomic mass is 10.1. The minimum absolute atomic E-state index is 0.202. The van der Waals surface area contributed by atoms with Crippen LogP contribution in [-0.4, -0.2) is 10.9 Å². The Morgan fingerprint density at radius 1 is 1.04 bits per heavy atom. The number of benzene rings is 3. The van der Waals surface area contributed by atoms with Crippen molar-refractivity contribution in [2.45, 2.75) is 6.42 Å². The number of halogens is 1. The predicted octanol–water partition coefficient (Wildman–Crippen LogP) is 6.19. The molecule has 0 fully saturated rings. The van der Waals surface area contributed by atoms with E-state index >= 15 is 0 Å². The lowest BCUT2D eigenvalue weighted by molar-refractivity contribution is -0.111. The summed E-state index contributed by atoms with van der Waals surface area (Å²) in [4.78, 5) is 17.5. The van der Waals surface area contributed by atoms with Crippen LogP contribution in [0.15, 0.2) is 79.0 Å². The highest BCUT2D eigenvalue weighted by Gasteiger charge is 2.07. The van der Waals surface area contributed by atoms with Crippen LogP contribution >= 0.6 is 22.9 Å². The number of thiazole rings is 1. The molecule has 5 heteroatoms. The number of anilines is 1. The van der Waals surface area contributed by atoms with Gasteiger partial charge in [0.25, 0.3) is 0 Å². The van der Waals surface area contributed by atoms with Gasteiger partial charge in [-0.1, -0.05) is 66.2 Å². The van der Waals surface area contributed by atoms with E-state index in [-0.39, 0.29) is 5.91 Å². The van der Waals surface area contributed by atoms with Gasteiger partial charge < -0.3 is 0 Å². The van der Waals surface area contributed by atoms with E-state index in [4.69, 9.17) is 11.6 Å². The fourth-order valence-electron chi connectivity index (χ4n) is 2.91. The number of amides is 1. The summed E-state index contributed by atoms with van der Waals surface area (Å²) in [5.41, 5.74) is 2.02. The second-order valence-corrected chi connectivity index (χ2v) is 7.85. The number of hydrogen-bond acceptors (Lipinski definition) is 3. The Labute approximate surface area is 172 Å². The molecule has 0 bridgehead atoms. The van der Waals surface area contributed by atoms with Gasteiger partial charge in [0.15, 0.2) is 5.13 Å². The van der Waals surface area contributed by atoms with Gasteiger partial charge in [0.05, 0.1) is 0 Å². The summed E-state index contributed by atoms with van der Waals surface area (Å²) in [6, 6.07) is 22.0. The van der Waals surface area contributed by atoms with Crippen molar-refractivity contribution in [1.82, 2.24) is 4.98 Å². The lowest BCUT2D eigenvalue weighted by Gasteiger charge is -2.01. The highest BCUT2D eigenvalue weighted by Crippen LogP contribution is 2.24. The maximum absolute atomic E-state index is 12.2. The molecule has 1 aromatic heterocycles. The summed E-state index contributed by atoms with van der Waals surface area (Å²) in [5.74, 6) is -0.202. The zero-order valence-corrected chi connectivity index (χ0v) is 16.5. The SMILES string of the molecule is O=C(/C=C/c1ccc2ccccc2c1)Nc1ncc(Cc2ccccc2Cl)s1. The monoisotopic (exact) mass is 404 g/mol. The normalized spacial score (nSPS) is 11.2. The van der Waals surface area contributed by atoms with E-state index in [1.807, 2.05) is 42.5 Å². The molecule has 0 aliphatic rings. The van der Waals surface area contributed by atoms with Crippen molar-refractivity contribution in [2.24, 2.45) is 0 Å². The molecule has 28 heavy (non-hydrogen) atoms. The number of aromatic nitrogens is 1. The van der Waals surface area contributed by atoms with Crippen LogP contribution in [0, 0.1) is 0 Å². The first kappa shape index (κ1) is 18.4. The van der Waals surface area contributed by atoms with E-state index in [1.165, 1.54) is 22.8 Å². The van der Waals surface area contributed by atoms with Crippen LogP contribution in [0.3, 0.4) is 0 Å². The van der Waals surface area contributed by atoms with Gasteiger partial charge in [-0.25, -0.2) is 4.98 Å². The van der Waals surface area contributed by atoms with Crippen molar-refractivity contribution >= 4 is 50.8 Å². The molecular weight excluding hydrogens is 388 g/mol. The average molecular weight is 405 g/mol. The number of carbonyl (C=O) groups is 1. The predicted molar refractivity (Wildman–Crippen MR) is 118 cm³/mol. The fraction of sp³-hybridized carbons (Fsp3) is 0.0435. The highest BCUT2D eigenvalue weighted by molar-refractivity contribution is 7.15. The zero-order valence-electron chi connectivity index (χ0n) is 14.9. The Hall–Kier alpha value is -2.95. The van der Waals surface area contributed by atoms with Crippen LogP contribution in [0.25, 0.3) is 16.8 Å². The Morgan fingerprint density at radius 2 is 1.82 bits per heavy atom. The molecule has 3 aromatic carbocycles. The zero-order chi connectivity index (χ0) is 19.3. The van der Waals surface area contributed by atoms with Crippen molar-refractivity contribution in [2.75, 3.05) is 5.32 Å². The molecule has 0 atom stereocenters. The van der Waals surface area contributed by atoms with Gasteiger partial charge in [0, 0.05) is 28.6 Å². The summed E-state index contributed by atoms with van der Waals surface area (Å²) < 4.78 is 0. The molecular formula is C23H17ClN2OS. The van der Waals surface area contributed by atoms with Gasteiger partial charge in [-0.2, -0.15) is 0 Å². The summed E-state index contributed by atoms with van der Waals surface area (Å²) in [6.45, 7) is 0. The number of hydrogen-bond donors (Lipinski definition) is 1. The van der Waals surface area contributed by atoms with Crippen LogP contribution < -0.4 is 5.32 Å². The van der Waals surface area contributed by atoms with Gasteiger partial charge in [-0.05, 0) is 40.1 Å². The van der Waals surface area contributed by atoms with Crippen molar-refractivity contribution in [3.8, 4) is 0 Å². The molecule has 0 saturated carbocycles. The molecule has 0 aliphatic heterocycles. The van der Waals surface area contributed by atoms with E-state index in [0.717, 1.165) is 26.4 Å². The molecule has 4 rings (SSSR count). The maximum Gasteiger partial charge on any atom is 0.250 e. The average Bonchev–Trinajstić information content (AvgIpc) is 3.15. The van der Waals surface area contributed by atoms with Crippen LogP contribution in [-0.2, 0) is 11.2 Å². The first-order chi connectivity index (χ1) is 13.7. The van der Waals surface area contributed by atoms with Crippen LogP contribution in [0.4, 0.5) is 5.13 Å². The molecule has 1 amide bonds. The van der Waals surface area contributed by atoms with Gasteiger partial charge in [0.2, 0.25) is 5.91 Å². The standard InChI is InChI=1S/C23H17ClN2OS/c24-21-8-4-3-7-19(21)14-20-15-25-23(28-20)26-22(27)12-10-16-9-11-17-5-1-2-6-18(17)13-16/h1-13,15H,14H2,(H,25,26,27)/b12-10+. The van der Waals surface area contributed by atoms with Gasteiger partial charge in [0.1, 0.15) is 0 Å². The minimum Gasteiger partial charge on any atom is -0.298 e. The second-order valence-electron chi connectivity index (χ2n) is 6.33. The van der Waals surface area contributed by atoms with E-state index < -0.39 is 0 Å². The van der Waals surface area contributed by atoms with Crippen LogP contribution in [0.5, 0.6) is 0 Å². The molecule has 0 aliphatic carbocycles. The van der Waals surface area contributed by atoms with E-state index in [1.54, 1.807) is 12.3 Å². The van der Waals surface area contributed by atoms with Crippen LogP contribution in [0.2, 0.25) is 5.02 Å². The number of nitrogens with zero attached hydrogens (tertiary/aromatic N) is 1. The molecule has 1 N–H and O–H groups in total. The maximum atomic E-state index is 12.2. The molecule has 1 heterocycles. The molecule has 138 valence electrons. The Balaban J connectivity index is 1.40. The third-order valence-electron chi connectivity index (χ3n) is 4.31. The Bertz CT molecular complexity index is 1170. The minimum atomic E-state index is -0.202. The summed E-state index contributed by atoms with van der Waals surface area (Å²) >= 11 is 7.66. The summed E-state index contributed by atoms with van der Waals surface area (Å²) in [7, 11) is 0. The summed E-state index contributed by atoms with van der Waals surface area (Å²) in [6.07, 6.45) is 5.80. The number of nitrogens with one attached hydrogen (secondary N) is 1. The lowest BCUT2D eigenvalue weighted by Crippen LogP contribution is -2.07. The number of rotatable bonds is 5. The largest absolute Gasteiger partial charge is 0.298 e. The van der Waals surface area contributed by atoms with Crippen molar-refractivity contribution in [3.05, 3.63) is 100 Å². The van der Waals surface area contributed by atoms with E-state index in [9.17, 15) is 4.79 Å². The second kappa shape index (κ2) is 8.38. The third-order valence-corrected chi connectivity index (χ3v) is 5.59. The van der Waals surface area contributed by atoms with Crippen molar-refractivity contribution in [3.63, 3.8) is 0 Å². The molecule has 4 aromatic rings. The van der Waals surface area contributed by atoms with Crippen LogP contribution in [0.1, 0.15) is 16.0 Å². The quantitative estimate of drug-likeness (QED) is 0.403. The smallest absolute Gasteiger partial charge is 0.250 e. The first-order valence-corrected chi connectivity index (χ1v) is 10.0. The molecule has 0 unspecified atom stereocenters. The highest BCUT2D eigenvalue weighted by atomic mass is 35.5. The number of carbonyl (C=O) groups excluding carboxylic acids is 1. The Morgan fingerprint density at radius 3 is 2.68 bits per heavy atom. The van der Waals surface area contributed by atoms with Gasteiger partial charge in [-0.3, -0.25) is 10.1 Å². The van der Waals surface area contributed by atoms with E-state index in [0.29, 0.717) is 11.6 Å². The van der Waals surface area contributed by atoms with Crippen molar-refractivity contribution in [1.29, 1.82) is 0 Å². The molecule has 0 saturated heterocycles. The van der Waals surface area contributed by atoms with Gasteiger partial charge >= 0.3 is 0 Å². The van der Waals surface area contributed by atoms with E-state index in [2.05, 4.69) is 34.6 Å². The fourth-order valence-corrected chi connectivity index (χ4v) is 3.95. The van der Waals surface area contributed by atoms with Crippen molar-refractivity contribution < 1.29 is 4.79 Å². The third kappa shape index (κ3) is 4.47. The molecule has 0 radical (unpaired) electrons. The summed E-state index contributed by atoms with van der Waals surface area (Å²) in [5, 5.41) is 6.46. The first-order valence-electron chi connectivity index (χ1n) is 8.83. The van der Waals surface area contributed by atoms with Gasteiger partial charge in [-0.15, -0.1) is 11.3 Å². The molecule has 0 spiro atoms. The molecule has 3 nitrogen and oxygen atoms in total. The Kier molecular flexibility index (Phi) is 5.51. The number of fused-ring (bicyclic) bond motifs is 1. The topological polar surface area (TPSA) is 42.0 Å².